The number of hydrogen-bond donors (Lipinski definition) is 2. The third kappa shape index (κ3) is 11.9. The van der Waals surface area contributed by atoms with Crippen LogP contribution in [0.2, 0.25) is 0 Å². The number of carbonyl (C=O) groups excluding carboxylic acids is 2. The molecule has 0 fully saturated rings. The first-order chi connectivity index (χ1) is 29.8. The second-order valence-electron chi connectivity index (χ2n) is 15.0. The number of azo groups is 2. The number of ether oxygens (including phenoxy) is 2. The maximum Gasteiger partial charge on any atom is 0.338 e. The van der Waals surface area contributed by atoms with Crippen LogP contribution >= 0.6 is 0 Å². The Hall–Kier alpha value is -6.94. The van der Waals surface area contributed by atoms with E-state index in [0.29, 0.717) is 0 Å². The van der Waals surface area contributed by atoms with Crippen molar-refractivity contribution in [1.29, 1.82) is 10.5 Å². The first-order valence-corrected chi connectivity index (χ1v) is 20.9. The van der Waals surface area contributed by atoms with Crippen molar-refractivity contribution in [1.82, 2.24) is 9.13 Å². The molecule has 2 N–H and O–H groups in total. The van der Waals surface area contributed by atoms with Gasteiger partial charge in [0, 0.05) is 24.2 Å². The Balaban J connectivity index is 1.61. The Morgan fingerprint density at radius 2 is 1.05 bits per heavy atom. The van der Waals surface area contributed by atoms with Crippen molar-refractivity contribution in [3.05, 3.63) is 103 Å². The quantitative estimate of drug-likeness (QED) is 0.0594. The molecule has 16 heteroatoms. The van der Waals surface area contributed by atoms with Crippen LogP contribution in [0.4, 0.5) is 22.7 Å². The topological polar surface area (TPSA) is 234 Å². The number of aromatic hydroxyl groups is 2. The lowest BCUT2D eigenvalue weighted by Crippen LogP contribution is -2.28. The van der Waals surface area contributed by atoms with Crippen LogP contribution in [-0.2, 0) is 22.6 Å². The first-order valence-electron chi connectivity index (χ1n) is 20.9. The van der Waals surface area contributed by atoms with E-state index >= 15 is 0 Å². The van der Waals surface area contributed by atoms with Gasteiger partial charge in [-0.25, -0.2) is 9.59 Å². The predicted molar refractivity (Wildman–Crippen MR) is 232 cm³/mol. The molecule has 0 saturated carbocycles. The van der Waals surface area contributed by atoms with Gasteiger partial charge in [-0.3, -0.25) is 18.7 Å². The van der Waals surface area contributed by atoms with Gasteiger partial charge in [0.1, 0.15) is 23.3 Å². The van der Waals surface area contributed by atoms with Crippen molar-refractivity contribution < 1.29 is 29.3 Å². The summed E-state index contributed by atoms with van der Waals surface area (Å²) < 4.78 is 12.7. The molecule has 326 valence electrons. The summed E-state index contributed by atoms with van der Waals surface area (Å²) in [5, 5.41) is 58.5. The van der Waals surface area contributed by atoms with Gasteiger partial charge in [-0.05, 0) is 74.9 Å². The number of unbranched alkanes of at least 4 members (excludes halogenated alkanes) is 2. The highest BCUT2D eigenvalue weighted by atomic mass is 16.5. The smallest absolute Gasteiger partial charge is 0.338 e. The van der Waals surface area contributed by atoms with Gasteiger partial charge in [-0.15, -0.1) is 10.2 Å². The van der Waals surface area contributed by atoms with Crippen LogP contribution in [0.5, 0.6) is 11.8 Å². The minimum atomic E-state index is -0.874. The molecule has 2 unspecified atom stereocenters. The number of pyridine rings is 2. The molecule has 0 aliphatic rings. The molecule has 62 heavy (non-hydrogen) atoms. The molecule has 4 rings (SSSR count). The summed E-state index contributed by atoms with van der Waals surface area (Å²) in [5.41, 5.74) is -1.97. The second-order valence-corrected chi connectivity index (χ2v) is 15.0. The Bertz CT molecular complexity index is 2340. The van der Waals surface area contributed by atoms with Crippen LogP contribution in [0.25, 0.3) is 0 Å². The third-order valence-corrected chi connectivity index (χ3v) is 10.8. The maximum absolute atomic E-state index is 13.8. The standard InChI is InChI=1S/C46H54N8O8/c1-7-11-15-31(9-3)27-61-45(59)33-17-13-19-35(23-33)49-51-39-29(5)37(25-47)41(55)53(43(39)57)21-22-54-42(56)38(26-48)30(6)40(44(54)58)52-50-36-20-14-18-34(24-36)46(60)62-28-32(10-4)16-12-8-2/h13-14,17-20,23-24,31-32,55-56H,7-12,15-16,21-22,27-28H2,1-6H3. The van der Waals surface area contributed by atoms with Crippen LogP contribution in [0, 0.1) is 48.3 Å². The van der Waals surface area contributed by atoms with Gasteiger partial charge in [-0.1, -0.05) is 78.4 Å². The number of carbonyl (C=O) groups is 2. The molecule has 2 atom stereocenters. The molecule has 0 bridgehead atoms. The van der Waals surface area contributed by atoms with Crippen molar-refractivity contribution in [2.24, 2.45) is 32.3 Å². The molecule has 2 aromatic heterocycles. The molecule has 0 radical (unpaired) electrons. The number of esters is 2. The molecule has 0 spiro atoms. The number of rotatable bonds is 21. The van der Waals surface area contributed by atoms with Crippen LogP contribution in [0.3, 0.4) is 0 Å². The zero-order valence-electron chi connectivity index (χ0n) is 36.2. The fourth-order valence-electron chi connectivity index (χ4n) is 6.68. The molecular formula is C46H54N8O8. The number of nitrogens with zero attached hydrogens (tertiary/aromatic N) is 8. The summed E-state index contributed by atoms with van der Waals surface area (Å²) in [4.78, 5) is 53.4. The molecule has 0 aliphatic heterocycles. The van der Waals surface area contributed by atoms with Crippen molar-refractivity contribution in [3.63, 3.8) is 0 Å². The van der Waals surface area contributed by atoms with Crippen molar-refractivity contribution >= 4 is 34.7 Å². The molecule has 16 nitrogen and oxygen atoms in total. The Labute approximate surface area is 360 Å². The zero-order chi connectivity index (χ0) is 45.3. The summed E-state index contributed by atoms with van der Waals surface area (Å²) in [7, 11) is 0. The Morgan fingerprint density at radius 3 is 1.39 bits per heavy atom. The molecule has 2 heterocycles. The average molecular weight is 847 g/mol. The van der Waals surface area contributed by atoms with E-state index in [9.17, 15) is 39.9 Å². The molecule has 4 aromatic rings. The molecule has 0 amide bonds. The van der Waals surface area contributed by atoms with E-state index in [-0.39, 0.29) is 81.2 Å². The SMILES string of the molecule is CCCCC(CC)COC(=O)c1cccc(N=Nc2c(C)c(C#N)c(O)n(CCn3c(O)c(C#N)c(C)c(N=Nc4cccc(C(=O)OCC(CC)CCCC)c4)c3=O)c2=O)c1. The lowest BCUT2D eigenvalue weighted by Gasteiger charge is -2.16. The average Bonchev–Trinajstić information content (AvgIpc) is 3.27. The highest BCUT2D eigenvalue weighted by Gasteiger charge is 2.23. The highest BCUT2D eigenvalue weighted by Crippen LogP contribution is 2.30. The van der Waals surface area contributed by atoms with E-state index in [1.807, 2.05) is 12.1 Å². The summed E-state index contributed by atoms with van der Waals surface area (Å²) in [6.45, 7) is 10.8. The molecule has 0 aliphatic carbocycles. The van der Waals surface area contributed by atoms with E-state index in [1.165, 1.54) is 26.0 Å². The normalized spacial score (nSPS) is 12.3. The summed E-state index contributed by atoms with van der Waals surface area (Å²) in [6, 6.07) is 16.1. The van der Waals surface area contributed by atoms with Gasteiger partial charge in [0.2, 0.25) is 11.8 Å². The molecule has 0 saturated heterocycles. The van der Waals surface area contributed by atoms with Crippen LogP contribution in [0.1, 0.15) is 122 Å². The van der Waals surface area contributed by atoms with Crippen LogP contribution in [0.15, 0.2) is 78.6 Å². The van der Waals surface area contributed by atoms with Gasteiger partial charge in [0.05, 0.1) is 35.7 Å². The predicted octanol–water partition coefficient (Wildman–Crippen LogP) is 10.1. The number of aromatic nitrogens is 2. The van der Waals surface area contributed by atoms with E-state index in [0.717, 1.165) is 60.5 Å². The lowest BCUT2D eigenvalue weighted by molar-refractivity contribution is 0.0419. The summed E-state index contributed by atoms with van der Waals surface area (Å²) >= 11 is 0. The van der Waals surface area contributed by atoms with Gasteiger partial charge in [0.15, 0.2) is 11.4 Å². The van der Waals surface area contributed by atoms with Crippen molar-refractivity contribution in [3.8, 4) is 23.9 Å². The van der Waals surface area contributed by atoms with E-state index in [4.69, 9.17) is 9.47 Å². The number of hydrogen-bond acceptors (Lipinski definition) is 14. The zero-order valence-corrected chi connectivity index (χ0v) is 36.2. The monoisotopic (exact) mass is 846 g/mol. The third-order valence-electron chi connectivity index (χ3n) is 10.8. The molecule has 2 aromatic carbocycles. The fourth-order valence-corrected chi connectivity index (χ4v) is 6.68. The Kier molecular flexibility index (Phi) is 17.8. The van der Waals surface area contributed by atoms with Crippen molar-refractivity contribution in [2.75, 3.05) is 13.2 Å². The lowest BCUT2D eigenvalue weighted by atomic mass is 10.0. The van der Waals surface area contributed by atoms with E-state index in [1.54, 1.807) is 36.4 Å². The first kappa shape index (κ1) is 47.7. The minimum Gasteiger partial charge on any atom is -0.493 e. The van der Waals surface area contributed by atoms with Gasteiger partial charge >= 0.3 is 11.9 Å². The highest BCUT2D eigenvalue weighted by molar-refractivity contribution is 5.90. The Morgan fingerprint density at radius 1 is 0.661 bits per heavy atom. The number of benzene rings is 2. The van der Waals surface area contributed by atoms with Crippen LogP contribution < -0.4 is 11.1 Å². The van der Waals surface area contributed by atoms with Gasteiger partial charge < -0.3 is 19.7 Å². The largest absolute Gasteiger partial charge is 0.493 e. The second kappa shape index (κ2) is 23.2. The minimum absolute atomic E-state index is 0.0301. The maximum atomic E-state index is 13.8. The van der Waals surface area contributed by atoms with E-state index in [2.05, 4.69) is 48.2 Å². The number of nitriles is 2. The van der Waals surface area contributed by atoms with E-state index < -0.39 is 47.9 Å². The fraction of sp³-hybridized carbons (Fsp3) is 0.435. The van der Waals surface area contributed by atoms with Gasteiger partial charge in [-0.2, -0.15) is 20.8 Å². The van der Waals surface area contributed by atoms with Gasteiger partial charge in [0.25, 0.3) is 11.1 Å². The summed E-state index contributed by atoms with van der Waals surface area (Å²) in [6.07, 6.45) is 7.84. The molecular weight excluding hydrogens is 793 g/mol. The van der Waals surface area contributed by atoms with Crippen molar-refractivity contribution in [2.45, 2.75) is 106 Å². The van der Waals surface area contributed by atoms with Crippen LogP contribution in [-0.4, -0.2) is 44.5 Å². The summed E-state index contributed by atoms with van der Waals surface area (Å²) in [5.74, 6) is -2.00.